The molecule has 6 rings (SSSR count). The van der Waals surface area contributed by atoms with Crippen LogP contribution >= 0.6 is 11.8 Å². The molecule has 0 bridgehead atoms. The largest absolute Gasteiger partial charge is 0.448 e. The van der Waals surface area contributed by atoms with Crippen LogP contribution in [-0.4, -0.2) is 71.8 Å². The van der Waals surface area contributed by atoms with Gasteiger partial charge in [0.2, 0.25) is 5.91 Å². The van der Waals surface area contributed by atoms with Crippen molar-refractivity contribution in [3.8, 4) is 0 Å². The first-order valence-corrected chi connectivity index (χ1v) is 17.3. The third-order valence-electron chi connectivity index (χ3n) is 8.27. The van der Waals surface area contributed by atoms with Gasteiger partial charge in [-0.25, -0.2) is 9.59 Å². The summed E-state index contributed by atoms with van der Waals surface area (Å²) in [5, 5.41) is 4.13. The van der Waals surface area contributed by atoms with E-state index < -0.39 is 47.0 Å². The molecule has 1 saturated heterocycles. The molecular weight excluding hydrogens is 655 g/mol. The van der Waals surface area contributed by atoms with E-state index in [0.717, 1.165) is 21.9 Å². The SMILES string of the molecule is COCC1=C(C(=O)OC(c2ccccc2)c2ccccc2)N2C(=O)C(NC(=O)CN(C(=O)OC(C)(C)C)c3ccc4ccccc4c3)[C@@H]2SC1. The van der Waals surface area contributed by atoms with Crippen molar-refractivity contribution in [1.29, 1.82) is 0 Å². The number of amides is 3. The smallest absolute Gasteiger partial charge is 0.415 e. The van der Waals surface area contributed by atoms with E-state index in [1.165, 1.54) is 28.7 Å². The van der Waals surface area contributed by atoms with Crippen molar-refractivity contribution in [3.63, 3.8) is 0 Å². The minimum atomic E-state index is -0.921. The highest BCUT2D eigenvalue weighted by molar-refractivity contribution is 8.00. The number of carbonyl (C=O) groups excluding carboxylic acids is 4. The molecule has 0 saturated carbocycles. The quantitative estimate of drug-likeness (QED) is 0.154. The van der Waals surface area contributed by atoms with Crippen LogP contribution in [0.3, 0.4) is 0 Å². The number of benzene rings is 4. The number of anilines is 1. The van der Waals surface area contributed by atoms with Crippen LogP contribution in [0.5, 0.6) is 0 Å². The Morgan fingerprint density at radius 3 is 2.14 bits per heavy atom. The maximum atomic E-state index is 14.0. The Bertz CT molecular complexity index is 1890. The van der Waals surface area contributed by atoms with Crippen molar-refractivity contribution >= 4 is 52.1 Å². The molecule has 0 aliphatic carbocycles. The van der Waals surface area contributed by atoms with Crippen LogP contribution in [0.25, 0.3) is 10.8 Å². The summed E-state index contributed by atoms with van der Waals surface area (Å²) in [6.45, 7) is 5.00. The van der Waals surface area contributed by atoms with Gasteiger partial charge in [-0.15, -0.1) is 11.8 Å². The lowest BCUT2D eigenvalue weighted by Gasteiger charge is -2.49. The molecule has 0 spiro atoms. The maximum Gasteiger partial charge on any atom is 0.415 e. The number of rotatable bonds is 10. The number of carbonyl (C=O) groups is 4. The summed E-state index contributed by atoms with van der Waals surface area (Å²) in [6.07, 6.45) is -1.41. The van der Waals surface area contributed by atoms with Gasteiger partial charge in [-0.05, 0) is 60.4 Å². The van der Waals surface area contributed by atoms with Gasteiger partial charge < -0.3 is 19.5 Å². The van der Waals surface area contributed by atoms with Crippen molar-refractivity contribution in [3.05, 3.63) is 126 Å². The molecule has 3 amide bonds. The van der Waals surface area contributed by atoms with E-state index in [-0.39, 0.29) is 18.8 Å². The molecule has 258 valence electrons. The van der Waals surface area contributed by atoms with E-state index in [2.05, 4.69) is 5.32 Å². The standard InChI is InChI=1S/C39H39N3O7S/c1-39(2,3)49-38(46)41(30-20-19-25-13-11-12-18-28(25)21-30)22-31(43)40-32-35(44)42-33(29(23-47-4)24-50-36(32)42)37(45)48-34(26-14-7-5-8-15-26)27-16-9-6-10-17-27/h5-21,32,34,36H,22-24H2,1-4H3,(H,40,43)/t32?,36-/m0/s1. The van der Waals surface area contributed by atoms with Crippen LogP contribution < -0.4 is 10.2 Å². The number of methoxy groups -OCH3 is 1. The normalized spacial score (nSPS) is 17.2. The zero-order valence-electron chi connectivity index (χ0n) is 28.3. The van der Waals surface area contributed by atoms with Gasteiger partial charge in [0.1, 0.15) is 29.3 Å². The number of nitrogens with zero attached hydrogens (tertiary/aromatic N) is 2. The lowest BCUT2D eigenvalue weighted by molar-refractivity contribution is -0.154. The molecule has 50 heavy (non-hydrogen) atoms. The summed E-state index contributed by atoms with van der Waals surface area (Å²) in [7, 11) is 1.52. The number of thioether (sulfide) groups is 1. The Balaban J connectivity index is 1.21. The number of ether oxygens (including phenoxy) is 3. The van der Waals surface area contributed by atoms with Gasteiger partial charge >= 0.3 is 12.1 Å². The number of nitrogens with one attached hydrogen (secondary N) is 1. The zero-order chi connectivity index (χ0) is 35.4. The number of esters is 1. The molecule has 2 atom stereocenters. The number of fused-ring (bicyclic) bond motifs is 2. The van der Waals surface area contributed by atoms with Crippen LogP contribution in [0.2, 0.25) is 0 Å². The minimum absolute atomic E-state index is 0.120. The molecule has 0 aromatic heterocycles. The molecule has 2 aliphatic heterocycles. The first-order chi connectivity index (χ1) is 24.0. The van der Waals surface area contributed by atoms with Crippen LogP contribution in [0.4, 0.5) is 10.5 Å². The summed E-state index contributed by atoms with van der Waals surface area (Å²) in [4.78, 5) is 57.3. The second-order valence-corrected chi connectivity index (χ2v) is 14.1. The molecule has 1 N–H and O–H groups in total. The Morgan fingerprint density at radius 2 is 1.52 bits per heavy atom. The first-order valence-electron chi connectivity index (χ1n) is 16.3. The predicted molar refractivity (Wildman–Crippen MR) is 192 cm³/mol. The molecule has 4 aromatic rings. The van der Waals surface area contributed by atoms with Gasteiger partial charge in [0, 0.05) is 18.6 Å². The molecule has 11 heteroatoms. The molecule has 2 heterocycles. The fourth-order valence-electron chi connectivity index (χ4n) is 5.99. The second-order valence-electron chi connectivity index (χ2n) is 13.0. The summed E-state index contributed by atoms with van der Waals surface area (Å²) in [5.41, 5.74) is 1.97. The zero-order valence-corrected chi connectivity index (χ0v) is 29.1. The highest BCUT2D eigenvalue weighted by Crippen LogP contribution is 2.41. The lowest BCUT2D eigenvalue weighted by atomic mass is 10.0. The molecular formula is C39H39N3O7S. The van der Waals surface area contributed by atoms with E-state index in [9.17, 15) is 19.2 Å². The Kier molecular flexibility index (Phi) is 10.3. The first kappa shape index (κ1) is 34.7. The average molecular weight is 694 g/mol. The second kappa shape index (κ2) is 14.8. The Hall–Kier alpha value is -5.13. The number of hydrogen-bond donors (Lipinski definition) is 1. The van der Waals surface area contributed by atoms with E-state index in [1.807, 2.05) is 97.1 Å². The number of hydrogen-bond acceptors (Lipinski definition) is 8. The molecule has 1 fully saturated rings. The van der Waals surface area contributed by atoms with Gasteiger partial charge in [0.15, 0.2) is 6.10 Å². The topological polar surface area (TPSA) is 114 Å². The van der Waals surface area contributed by atoms with Crippen LogP contribution in [0.1, 0.15) is 38.0 Å². The summed E-state index contributed by atoms with van der Waals surface area (Å²) in [6, 6.07) is 31.0. The van der Waals surface area contributed by atoms with E-state index in [1.54, 1.807) is 26.8 Å². The summed E-state index contributed by atoms with van der Waals surface area (Å²) >= 11 is 1.42. The van der Waals surface area contributed by atoms with Gasteiger partial charge in [-0.3, -0.25) is 19.4 Å². The molecule has 10 nitrogen and oxygen atoms in total. The van der Waals surface area contributed by atoms with Gasteiger partial charge in [-0.2, -0.15) is 0 Å². The molecule has 1 unspecified atom stereocenters. The number of β-lactam (4-membered cyclic amide) rings is 1. The van der Waals surface area contributed by atoms with Gasteiger partial charge in [0.05, 0.1) is 6.61 Å². The molecule has 4 aromatic carbocycles. The maximum absolute atomic E-state index is 14.0. The van der Waals surface area contributed by atoms with Crippen molar-refractivity contribution in [2.24, 2.45) is 0 Å². The van der Waals surface area contributed by atoms with Crippen molar-refractivity contribution in [2.75, 3.05) is 30.9 Å². The third-order valence-corrected chi connectivity index (χ3v) is 9.61. The monoisotopic (exact) mass is 693 g/mol. The minimum Gasteiger partial charge on any atom is -0.448 e. The van der Waals surface area contributed by atoms with E-state index >= 15 is 0 Å². The van der Waals surface area contributed by atoms with Crippen LogP contribution in [-0.2, 0) is 28.6 Å². The fraction of sp³-hybridized carbons (Fsp3) is 0.282. The highest BCUT2D eigenvalue weighted by Gasteiger charge is 2.54. The molecule has 0 radical (unpaired) electrons. The fourth-order valence-corrected chi connectivity index (χ4v) is 7.32. The van der Waals surface area contributed by atoms with Crippen LogP contribution in [0, 0.1) is 0 Å². The van der Waals surface area contributed by atoms with Gasteiger partial charge in [0.25, 0.3) is 5.91 Å². The van der Waals surface area contributed by atoms with Crippen molar-refractivity contribution in [1.82, 2.24) is 10.2 Å². The highest BCUT2D eigenvalue weighted by atomic mass is 32.2. The van der Waals surface area contributed by atoms with Crippen molar-refractivity contribution < 1.29 is 33.4 Å². The Morgan fingerprint density at radius 1 is 0.900 bits per heavy atom. The van der Waals surface area contributed by atoms with Gasteiger partial charge in [-0.1, -0.05) is 91.0 Å². The lowest BCUT2D eigenvalue weighted by Crippen LogP contribution is -2.71. The average Bonchev–Trinajstić information content (AvgIpc) is 3.11. The van der Waals surface area contributed by atoms with E-state index in [4.69, 9.17) is 14.2 Å². The Labute approximate surface area is 295 Å². The molecule has 2 aliphatic rings. The van der Waals surface area contributed by atoms with Crippen LogP contribution in [0.15, 0.2) is 114 Å². The van der Waals surface area contributed by atoms with Crippen molar-refractivity contribution in [2.45, 2.75) is 43.9 Å². The van der Waals surface area contributed by atoms with E-state index in [0.29, 0.717) is 17.0 Å². The predicted octanol–water partition coefficient (Wildman–Crippen LogP) is 6.21. The summed E-state index contributed by atoms with van der Waals surface area (Å²) < 4.78 is 17.2. The third kappa shape index (κ3) is 7.54. The summed E-state index contributed by atoms with van der Waals surface area (Å²) in [5.74, 6) is -1.28.